The van der Waals surface area contributed by atoms with Gasteiger partial charge in [-0.25, -0.2) is 18.0 Å². The summed E-state index contributed by atoms with van der Waals surface area (Å²) in [5, 5.41) is 0.731. The molecule has 11 heteroatoms. The molecular formula is C29H27F3N4O3S. The monoisotopic (exact) mass is 568 g/mol. The summed E-state index contributed by atoms with van der Waals surface area (Å²) >= 11 is 1.54. The molecule has 2 fully saturated rings. The number of hydrogen-bond acceptors (Lipinski definition) is 6. The van der Waals surface area contributed by atoms with Crippen molar-refractivity contribution in [1.29, 1.82) is 0 Å². The van der Waals surface area contributed by atoms with Crippen LogP contribution in [0.5, 0.6) is 0 Å². The number of aryl methyl sites for hydroxylation is 2. The Hall–Kier alpha value is -3.60. The molecule has 40 heavy (non-hydrogen) atoms. The SMILES string of the molecule is Cc1cc2c(N3CC4CC(=O)CC(C3)N4C(=O)/C=C/CF)nc(=O)n3c2c(c1-c1ccc(F)cc1F)SCCC3. The molecule has 3 aromatic rings. The van der Waals surface area contributed by atoms with Crippen LogP contribution in [0, 0.1) is 18.6 Å². The number of piperazine rings is 1. The number of allylic oxidation sites excluding steroid dienone is 1. The minimum atomic E-state index is -0.754. The van der Waals surface area contributed by atoms with Crippen LogP contribution in [0.15, 0.2) is 46.1 Å². The largest absolute Gasteiger partial charge is 0.352 e. The van der Waals surface area contributed by atoms with Gasteiger partial charge in [0.15, 0.2) is 0 Å². The van der Waals surface area contributed by atoms with Gasteiger partial charge in [0.1, 0.15) is 29.9 Å². The number of nitrogens with zero attached hydrogens (tertiary/aromatic N) is 4. The van der Waals surface area contributed by atoms with E-state index in [1.165, 1.54) is 18.2 Å². The van der Waals surface area contributed by atoms with Crippen molar-refractivity contribution in [2.45, 2.75) is 49.7 Å². The highest BCUT2D eigenvalue weighted by molar-refractivity contribution is 7.99. The second kappa shape index (κ2) is 10.4. The molecule has 0 radical (unpaired) electrons. The lowest BCUT2D eigenvalue weighted by Gasteiger charge is -2.49. The van der Waals surface area contributed by atoms with Crippen molar-refractivity contribution in [1.82, 2.24) is 14.5 Å². The van der Waals surface area contributed by atoms with Crippen LogP contribution < -0.4 is 10.6 Å². The third-order valence-corrected chi connectivity index (χ3v) is 9.03. The number of benzene rings is 2. The molecular weight excluding hydrogens is 541 g/mol. The number of fused-ring (bicyclic) bond motifs is 2. The molecule has 0 aliphatic carbocycles. The minimum Gasteiger partial charge on any atom is -0.352 e. The molecule has 3 aliphatic heterocycles. The average molecular weight is 569 g/mol. The van der Waals surface area contributed by atoms with E-state index in [-0.39, 0.29) is 30.1 Å². The molecule has 7 nitrogen and oxygen atoms in total. The number of ketones is 1. The lowest BCUT2D eigenvalue weighted by molar-refractivity contribution is -0.138. The van der Waals surface area contributed by atoms with Crippen molar-refractivity contribution in [2.24, 2.45) is 0 Å². The molecule has 1 aromatic heterocycles. The van der Waals surface area contributed by atoms with Gasteiger partial charge in [-0.2, -0.15) is 4.98 Å². The Kier molecular flexibility index (Phi) is 6.93. The van der Waals surface area contributed by atoms with E-state index in [1.807, 2.05) is 17.9 Å². The zero-order valence-corrected chi connectivity index (χ0v) is 22.6. The Morgan fingerprint density at radius 1 is 1.15 bits per heavy atom. The molecule has 0 spiro atoms. The normalized spacial score (nSPS) is 20.9. The number of amides is 1. The van der Waals surface area contributed by atoms with Gasteiger partial charge in [0, 0.05) is 66.0 Å². The van der Waals surface area contributed by atoms with Crippen molar-refractivity contribution < 1.29 is 22.8 Å². The zero-order chi connectivity index (χ0) is 28.1. The van der Waals surface area contributed by atoms with Gasteiger partial charge < -0.3 is 9.80 Å². The van der Waals surface area contributed by atoms with Crippen LogP contribution in [-0.2, 0) is 16.1 Å². The van der Waals surface area contributed by atoms with Gasteiger partial charge in [0.25, 0.3) is 0 Å². The molecule has 208 valence electrons. The first-order valence-corrected chi connectivity index (χ1v) is 14.2. The fourth-order valence-corrected chi connectivity index (χ4v) is 7.54. The Morgan fingerprint density at radius 3 is 2.60 bits per heavy atom. The number of hydrogen-bond donors (Lipinski definition) is 0. The Balaban J connectivity index is 1.51. The summed E-state index contributed by atoms with van der Waals surface area (Å²) in [5.41, 5.74) is 1.89. The van der Waals surface area contributed by atoms with Crippen molar-refractivity contribution in [3.05, 3.63) is 64.1 Å². The summed E-state index contributed by atoms with van der Waals surface area (Å²) < 4.78 is 43.1. The van der Waals surface area contributed by atoms with Crippen molar-refractivity contribution in [3.63, 3.8) is 0 Å². The quantitative estimate of drug-likeness (QED) is 0.434. The molecule has 2 atom stereocenters. The van der Waals surface area contributed by atoms with Crippen LogP contribution in [0.3, 0.4) is 0 Å². The number of carbonyl (C=O) groups is 2. The average Bonchev–Trinajstić information content (AvgIpc) is 3.13. The summed E-state index contributed by atoms with van der Waals surface area (Å²) in [5.74, 6) is -0.433. The van der Waals surface area contributed by atoms with Crippen LogP contribution in [-0.4, -0.2) is 63.7 Å². The molecule has 2 bridgehead atoms. The van der Waals surface area contributed by atoms with Crippen LogP contribution in [0.4, 0.5) is 19.0 Å². The predicted molar refractivity (Wildman–Crippen MR) is 147 cm³/mol. The third kappa shape index (κ3) is 4.49. The van der Waals surface area contributed by atoms with E-state index in [2.05, 4.69) is 4.98 Å². The van der Waals surface area contributed by atoms with Gasteiger partial charge >= 0.3 is 5.69 Å². The maximum absolute atomic E-state index is 15.0. The molecule has 2 unspecified atom stereocenters. The smallest absolute Gasteiger partial charge is 0.350 e. The molecule has 6 rings (SSSR count). The van der Waals surface area contributed by atoms with E-state index in [0.717, 1.165) is 34.4 Å². The Morgan fingerprint density at radius 2 is 1.90 bits per heavy atom. The maximum atomic E-state index is 15.0. The maximum Gasteiger partial charge on any atom is 0.350 e. The number of piperidine rings is 1. The van der Waals surface area contributed by atoms with Gasteiger partial charge in [-0.1, -0.05) is 0 Å². The van der Waals surface area contributed by atoms with E-state index < -0.39 is 36.1 Å². The van der Waals surface area contributed by atoms with E-state index in [4.69, 9.17) is 0 Å². The standard InChI is InChI=1S/C29H27F3N4O3S/c1-16-10-22-26-27(25(16)21-6-5-17(31)11-23(21)32)40-9-3-8-35(26)29(39)33-28(22)34-14-18-12-20(37)13-19(15-34)36(18)24(38)4-2-7-30/h2,4-6,10-11,18-19H,3,7-9,12-15H2,1H3/b4-2+. The number of Topliss-reactive ketones (excluding diaryl/α,β-unsaturated/α-hetero) is 1. The van der Waals surface area contributed by atoms with E-state index in [1.54, 1.807) is 21.2 Å². The van der Waals surface area contributed by atoms with Crippen LogP contribution in [0.2, 0.25) is 0 Å². The van der Waals surface area contributed by atoms with E-state index in [0.29, 0.717) is 42.3 Å². The molecule has 2 saturated heterocycles. The summed E-state index contributed by atoms with van der Waals surface area (Å²) in [7, 11) is 0. The summed E-state index contributed by atoms with van der Waals surface area (Å²) in [4.78, 5) is 47.6. The number of aromatic nitrogens is 2. The van der Waals surface area contributed by atoms with Crippen LogP contribution in [0.1, 0.15) is 24.8 Å². The molecule has 0 saturated carbocycles. The molecule has 2 aromatic carbocycles. The number of halogens is 3. The molecule has 0 N–H and O–H groups in total. The van der Waals surface area contributed by atoms with Crippen molar-refractivity contribution in [2.75, 3.05) is 30.4 Å². The van der Waals surface area contributed by atoms with Crippen molar-refractivity contribution >= 4 is 40.2 Å². The highest BCUT2D eigenvalue weighted by Gasteiger charge is 2.43. The first kappa shape index (κ1) is 26.6. The first-order valence-electron chi connectivity index (χ1n) is 13.2. The van der Waals surface area contributed by atoms with Gasteiger partial charge in [0.2, 0.25) is 5.91 Å². The first-order chi connectivity index (χ1) is 19.3. The lowest BCUT2D eigenvalue weighted by atomic mass is 9.89. The number of alkyl halides is 1. The fraction of sp³-hybridized carbons (Fsp3) is 0.379. The minimum absolute atomic E-state index is 0.0628. The number of rotatable bonds is 4. The number of thioether (sulfide) groups is 1. The van der Waals surface area contributed by atoms with Crippen LogP contribution in [0.25, 0.3) is 22.0 Å². The number of carbonyl (C=O) groups excluding carboxylic acids is 2. The summed E-state index contributed by atoms with van der Waals surface area (Å²) in [6.07, 6.45) is 3.43. The Bertz CT molecular complexity index is 1620. The van der Waals surface area contributed by atoms with Crippen LogP contribution >= 0.6 is 11.8 Å². The third-order valence-electron chi connectivity index (χ3n) is 7.85. The Labute approximate surface area is 232 Å². The van der Waals surface area contributed by atoms with Gasteiger partial charge in [-0.3, -0.25) is 14.2 Å². The zero-order valence-electron chi connectivity index (χ0n) is 21.8. The molecule has 4 heterocycles. The predicted octanol–water partition coefficient (Wildman–Crippen LogP) is 4.42. The lowest BCUT2D eigenvalue weighted by Crippen LogP contribution is -2.64. The van der Waals surface area contributed by atoms with Crippen molar-refractivity contribution in [3.8, 4) is 11.1 Å². The fourth-order valence-electron chi connectivity index (χ4n) is 6.29. The topological polar surface area (TPSA) is 75.5 Å². The van der Waals surface area contributed by atoms with E-state index >= 15 is 4.39 Å². The summed E-state index contributed by atoms with van der Waals surface area (Å²) in [6.45, 7) is 2.15. The molecule has 1 amide bonds. The van der Waals surface area contributed by atoms with Gasteiger partial charge in [-0.05, 0) is 48.9 Å². The highest BCUT2D eigenvalue weighted by Crippen LogP contribution is 2.44. The molecule has 3 aliphatic rings. The van der Waals surface area contributed by atoms with Gasteiger partial charge in [-0.15, -0.1) is 11.8 Å². The van der Waals surface area contributed by atoms with E-state index in [9.17, 15) is 23.2 Å². The second-order valence-electron chi connectivity index (χ2n) is 10.5. The second-order valence-corrected chi connectivity index (χ2v) is 11.6. The summed E-state index contributed by atoms with van der Waals surface area (Å²) in [6, 6.07) is 4.54. The van der Waals surface area contributed by atoms with Gasteiger partial charge in [0.05, 0.1) is 17.6 Å². The highest BCUT2D eigenvalue weighted by atomic mass is 32.2. The number of anilines is 1.